The van der Waals surface area contributed by atoms with E-state index in [-0.39, 0.29) is 0 Å². The quantitative estimate of drug-likeness (QED) is 0.122. The lowest BCUT2D eigenvalue weighted by atomic mass is 9.87. The van der Waals surface area contributed by atoms with E-state index in [2.05, 4.69) is 300 Å². The summed E-state index contributed by atoms with van der Waals surface area (Å²) in [4.78, 5) is 21.0. The van der Waals surface area contributed by atoms with Crippen LogP contribution in [-0.4, -0.2) is 29.1 Å². The summed E-state index contributed by atoms with van der Waals surface area (Å²) < 4.78 is 4.81. The Kier molecular flexibility index (Phi) is 13.4. The highest BCUT2D eigenvalue weighted by Gasteiger charge is 2.23. The van der Waals surface area contributed by atoms with Gasteiger partial charge in [-0.25, -0.2) is 15.0 Å². The SMILES string of the molecule is c1ccc(-c2ccc3c(c2)c2cc(-c4ccccc4)ccc2n3-c2ccc(-c3cc(-c4nc(-c5ccccc5)nc(-c5ccccc5)n4)cc(-c4ccc(-n5c6ccc(-c7ccccc7)cc6c6cc(-c7ccccc7)ccc65)cc4)c3-c3ccccn3)cc2)cc1. The van der Waals surface area contributed by atoms with Gasteiger partial charge in [0.1, 0.15) is 0 Å². The Labute approximate surface area is 533 Å². The first-order valence-electron chi connectivity index (χ1n) is 31.2. The van der Waals surface area contributed by atoms with Crippen molar-refractivity contribution in [2.24, 2.45) is 0 Å². The molecule has 430 valence electrons. The third-order valence-electron chi connectivity index (χ3n) is 17.8. The summed E-state index contributed by atoms with van der Waals surface area (Å²) in [5.41, 5.74) is 24.6. The molecule has 0 amide bonds. The van der Waals surface area contributed by atoms with Crippen LogP contribution >= 0.6 is 0 Å². The molecule has 17 rings (SSSR count). The number of aromatic nitrogens is 6. The maximum atomic E-state index is 5.34. The van der Waals surface area contributed by atoms with E-state index in [4.69, 9.17) is 19.9 Å². The number of pyridine rings is 1. The Balaban J connectivity index is 0.860. The molecule has 17 aromatic rings. The summed E-state index contributed by atoms with van der Waals surface area (Å²) in [6.07, 6.45) is 1.89. The molecule has 13 aromatic carbocycles. The molecule has 0 N–H and O–H groups in total. The normalized spacial score (nSPS) is 11.5. The second-order valence-corrected chi connectivity index (χ2v) is 23.4. The Morgan fingerprint density at radius 3 is 0.793 bits per heavy atom. The van der Waals surface area contributed by atoms with Gasteiger partial charge in [0.2, 0.25) is 0 Å². The molecule has 6 heteroatoms. The third kappa shape index (κ3) is 9.80. The van der Waals surface area contributed by atoms with E-state index >= 15 is 0 Å². The minimum atomic E-state index is 0.561. The number of rotatable bonds is 12. The fraction of sp³-hybridized carbons (Fsp3) is 0. The molecular formula is C86H56N6. The van der Waals surface area contributed by atoms with E-state index in [0.717, 1.165) is 83.6 Å². The van der Waals surface area contributed by atoms with Crippen molar-refractivity contribution in [3.8, 4) is 124 Å². The molecule has 0 fully saturated rings. The fourth-order valence-corrected chi connectivity index (χ4v) is 13.4. The maximum Gasteiger partial charge on any atom is 0.164 e. The molecule has 0 aliphatic carbocycles. The van der Waals surface area contributed by atoms with E-state index in [0.29, 0.717) is 17.5 Å². The molecule has 4 aromatic heterocycles. The van der Waals surface area contributed by atoms with Crippen molar-refractivity contribution in [2.75, 3.05) is 0 Å². The van der Waals surface area contributed by atoms with Crippen LogP contribution in [0.1, 0.15) is 0 Å². The average Bonchev–Trinajstić information content (AvgIpc) is 1.64. The van der Waals surface area contributed by atoms with E-state index in [1.165, 1.54) is 66.1 Å². The van der Waals surface area contributed by atoms with E-state index in [1.54, 1.807) is 0 Å². The zero-order valence-corrected chi connectivity index (χ0v) is 50.0. The monoisotopic (exact) mass is 1170 g/mol. The van der Waals surface area contributed by atoms with Gasteiger partial charge in [0.15, 0.2) is 17.5 Å². The first kappa shape index (κ1) is 53.8. The van der Waals surface area contributed by atoms with Crippen molar-refractivity contribution < 1.29 is 0 Å². The van der Waals surface area contributed by atoms with E-state index in [1.807, 2.05) is 48.7 Å². The number of benzene rings is 13. The molecule has 0 aliphatic heterocycles. The molecule has 4 heterocycles. The van der Waals surface area contributed by atoms with Gasteiger partial charge in [-0.05, 0) is 164 Å². The summed E-state index contributed by atoms with van der Waals surface area (Å²) in [5, 5.41) is 4.77. The maximum absolute atomic E-state index is 5.34. The van der Waals surface area contributed by atoms with Crippen LogP contribution in [-0.2, 0) is 0 Å². The minimum Gasteiger partial charge on any atom is -0.309 e. The predicted octanol–water partition coefficient (Wildman–Crippen LogP) is 22.1. The van der Waals surface area contributed by atoms with Gasteiger partial charge in [-0.15, -0.1) is 0 Å². The highest BCUT2D eigenvalue weighted by molar-refractivity contribution is 6.13. The Morgan fingerprint density at radius 2 is 0.489 bits per heavy atom. The number of hydrogen-bond acceptors (Lipinski definition) is 4. The molecule has 0 spiro atoms. The van der Waals surface area contributed by atoms with Crippen LogP contribution in [0, 0.1) is 0 Å². The van der Waals surface area contributed by atoms with E-state index in [9.17, 15) is 0 Å². The van der Waals surface area contributed by atoms with Crippen LogP contribution in [0.2, 0.25) is 0 Å². The smallest absolute Gasteiger partial charge is 0.164 e. The summed E-state index contributed by atoms with van der Waals surface area (Å²) >= 11 is 0. The van der Waals surface area contributed by atoms with Gasteiger partial charge in [0.05, 0.1) is 27.8 Å². The lowest BCUT2D eigenvalue weighted by Gasteiger charge is -2.19. The van der Waals surface area contributed by atoms with Gasteiger partial charge < -0.3 is 9.13 Å². The molecule has 0 radical (unpaired) electrons. The zero-order chi connectivity index (χ0) is 60.9. The van der Waals surface area contributed by atoms with Gasteiger partial charge in [0.25, 0.3) is 0 Å². The van der Waals surface area contributed by atoms with Crippen LogP contribution in [0.15, 0.2) is 340 Å². The standard InChI is InChI=1S/C86H56N6/c1-7-21-57(22-8-1)65-38-46-79-74(51-65)75-52-66(58-23-9-2-10-24-58)39-47-80(75)91(79)70-42-34-61(35-43-70)72-55-69(86-89-84(63-29-15-5-16-30-63)88-85(90-86)64-31-17-6-18-32-64)56-73(83(72)78-33-19-20-50-87-78)62-36-44-71(45-37-62)92-81-48-40-67(59-25-11-3-12-26-59)53-76(81)77-54-68(41-49-82(77)92)60-27-13-4-14-28-60/h1-56H. The second-order valence-electron chi connectivity index (χ2n) is 23.4. The van der Waals surface area contributed by atoms with E-state index < -0.39 is 0 Å². The fourth-order valence-electron chi connectivity index (χ4n) is 13.4. The van der Waals surface area contributed by atoms with Crippen LogP contribution in [0.3, 0.4) is 0 Å². The highest BCUT2D eigenvalue weighted by Crippen LogP contribution is 2.45. The Morgan fingerprint density at radius 1 is 0.207 bits per heavy atom. The molecular weight excluding hydrogens is 1120 g/mol. The predicted molar refractivity (Wildman–Crippen MR) is 381 cm³/mol. The molecule has 0 atom stereocenters. The van der Waals surface area contributed by atoms with Crippen molar-refractivity contribution in [1.82, 2.24) is 29.1 Å². The van der Waals surface area contributed by atoms with Crippen molar-refractivity contribution in [3.05, 3.63) is 340 Å². The van der Waals surface area contributed by atoms with Gasteiger partial charge in [0, 0.05) is 61.4 Å². The molecule has 0 bridgehead atoms. The van der Waals surface area contributed by atoms with Crippen LogP contribution in [0.5, 0.6) is 0 Å². The molecule has 0 unspecified atom stereocenters. The molecule has 0 saturated carbocycles. The van der Waals surface area contributed by atoms with Crippen LogP contribution in [0.4, 0.5) is 0 Å². The zero-order valence-electron chi connectivity index (χ0n) is 50.0. The summed E-state index contributed by atoms with van der Waals surface area (Å²) in [7, 11) is 0. The van der Waals surface area contributed by atoms with Crippen LogP contribution < -0.4 is 0 Å². The van der Waals surface area contributed by atoms with Gasteiger partial charge >= 0.3 is 0 Å². The number of fused-ring (bicyclic) bond motifs is 6. The first-order valence-corrected chi connectivity index (χ1v) is 31.2. The van der Waals surface area contributed by atoms with Gasteiger partial charge in [-0.1, -0.05) is 237 Å². The van der Waals surface area contributed by atoms with Crippen molar-refractivity contribution in [3.63, 3.8) is 0 Å². The third-order valence-corrected chi connectivity index (χ3v) is 17.8. The van der Waals surface area contributed by atoms with Crippen molar-refractivity contribution >= 4 is 43.6 Å². The van der Waals surface area contributed by atoms with Crippen molar-refractivity contribution in [1.29, 1.82) is 0 Å². The molecule has 6 nitrogen and oxygen atoms in total. The topological polar surface area (TPSA) is 61.4 Å². The van der Waals surface area contributed by atoms with Crippen LogP contribution in [0.25, 0.3) is 167 Å². The van der Waals surface area contributed by atoms with Gasteiger partial charge in [-0.3, -0.25) is 4.98 Å². The van der Waals surface area contributed by atoms with Crippen molar-refractivity contribution in [2.45, 2.75) is 0 Å². The Bertz CT molecular complexity index is 5040. The summed E-state index contributed by atoms with van der Waals surface area (Å²) in [6.45, 7) is 0. The highest BCUT2D eigenvalue weighted by atomic mass is 15.0. The largest absolute Gasteiger partial charge is 0.309 e. The molecule has 0 saturated heterocycles. The van der Waals surface area contributed by atoms with Gasteiger partial charge in [-0.2, -0.15) is 0 Å². The summed E-state index contributed by atoms with van der Waals surface area (Å²) in [6, 6.07) is 119. The number of hydrogen-bond donors (Lipinski definition) is 0. The average molecular weight is 1170 g/mol. The Hall–Kier alpha value is -12.4. The second kappa shape index (κ2) is 23.0. The minimum absolute atomic E-state index is 0.561. The lowest BCUT2D eigenvalue weighted by Crippen LogP contribution is -2.02. The number of nitrogens with zero attached hydrogens (tertiary/aromatic N) is 6. The molecule has 92 heavy (non-hydrogen) atoms. The first-order chi connectivity index (χ1) is 45.6. The summed E-state index contributed by atoms with van der Waals surface area (Å²) in [5.74, 6) is 1.75. The lowest BCUT2D eigenvalue weighted by molar-refractivity contribution is 1.07. The molecule has 0 aliphatic rings.